The van der Waals surface area contributed by atoms with Gasteiger partial charge in [-0.05, 0) is 43.2 Å². The zero-order valence-electron chi connectivity index (χ0n) is 14.6. The van der Waals surface area contributed by atoms with Gasteiger partial charge in [0.25, 0.3) is 5.91 Å². The first-order valence-corrected chi connectivity index (χ1v) is 9.22. The fraction of sp³-hybridized carbons (Fsp3) is 0.350. The van der Waals surface area contributed by atoms with Crippen molar-refractivity contribution in [3.8, 4) is 0 Å². The molecule has 1 amide bonds. The summed E-state index contributed by atoms with van der Waals surface area (Å²) in [6, 6.07) is 11.7. The molecule has 1 fully saturated rings. The summed E-state index contributed by atoms with van der Waals surface area (Å²) in [6.45, 7) is 7.94. The van der Waals surface area contributed by atoms with Crippen molar-refractivity contribution in [3.63, 3.8) is 0 Å². The molecule has 0 radical (unpaired) electrons. The van der Waals surface area contributed by atoms with Gasteiger partial charge in [-0.15, -0.1) is 0 Å². The largest absolute Gasteiger partial charge is 0.336 e. The molecule has 0 saturated carbocycles. The Balaban J connectivity index is 1.61. The number of benzene rings is 2. The number of rotatable bonds is 3. The van der Waals surface area contributed by atoms with E-state index >= 15 is 0 Å². The molecule has 2 aromatic carbocycles. The van der Waals surface area contributed by atoms with Gasteiger partial charge in [-0.1, -0.05) is 47.0 Å². The van der Waals surface area contributed by atoms with Crippen molar-refractivity contribution < 1.29 is 4.79 Å². The Morgan fingerprint density at radius 2 is 1.72 bits per heavy atom. The topological polar surface area (TPSA) is 23.6 Å². The van der Waals surface area contributed by atoms with Gasteiger partial charge in [0.2, 0.25) is 0 Å². The molecular formula is C20H22Cl2N2O. The molecule has 0 unspecified atom stereocenters. The number of hydrogen-bond donors (Lipinski definition) is 0. The summed E-state index contributed by atoms with van der Waals surface area (Å²) < 4.78 is 0. The fourth-order valence-corrected chi connectivity index (χ4v) is 3.60. The number of piperazine rings is 1. The van der Waals surface area contributed by atoms with E-state index in [0.29, 0.717) is 10.0 Å². The smallest absolute Gasteiger partial charge is 0.254 e. The van der Waals surface area contributed by atoms with E-state index in [0.717, 1.165) is 55.0 Å². The summed E-state index contributed by atoms with van der Waals surface area (Å²) >= 11 is 12.2. The molecule has 3 rings (SSSR count). The van der Waals surface area contributed by atoms with Gasteiger partial charge in [0.1, 0.15) is 0 Å². The number of amides is 1. The molecule has 0 spiro atoms. The van der Waals surface area contributed by atoms with E-state index in [9.17, 15) is 4.79 Å². The Morgan fingerprint density at radius 1 is 1.00 bits per heavy atom. The van der Waals surface area contributed by atoms with Crippen LogP contribution in [0.25, 0.3) is 0 Å². The minimum atomic E-state index is 0.130. The number of nitrogens with zero attached hydrogens (tertiary/aromatic N) is 2. The molecule has 0 aromatic heterocycles. The van der Waals surface area contributed by atoms with E-state index in [4.69, 9.17) is 23.2 Å². The van der Waals surface area contributed by atoms with Gasteiger partial charge >= 0.3 is 0 Å². The van der Waals surface area contributed by atoms with E-state index in [-0.39, 0.29) is 5.91 Å². The quantitative estimate of drug-likeness (QED) is 0.783. The van der Waals surface area contributed by atoms with Gasteiger partial charge in [0.15, 0.2) is 0 Å². The number of halogens is 2. The lowest BCUT2D eigenvalue weighted by Gasteiger charge is -2.35. The van der Waals surface area contributed by atoms with Crippen LogP contribution in [0, 0.1) is 13.8 Å². The Bertz CT molecular complexity index is 783. The second-order valence-corrected chi connectivity index (χ2v) is 7.47. The van der Waals surface area contributed by atoms with Crippen LogP contribution in [0.1, 0.15) is 27.0 Å². The summed E-state index contributed by atoms with van der Waals surface area (Å²) in [7, 11) is 0. The number of carbonyl (C=O) groups excluding carboxylic acids is 1. The van der Waals surface area contributed by atoms with Crippen molar-refractivity contribution in [1.82, 2.24) is 9.80 Å². The molecule has 2 aromatic rings. The van der Waals surface area contributed by atoms with E-state index in [1.54, 1.807) is 6.07 Å². The minimum absolute atomic E-state index is 0.130. The van der Waals surface area contributed by atoms with Crippen molar-refractivity contribution in [2.24, 2.45) is 0 Å². The molecular weight excluding hydrogens is 355 g/mol. The second-order valence-electron chi connectivity index (χ2n) is 6.62. The molecule has 1 saturated heterocycles. The third-order valence-corrected chi connectivity index (χ3v) is 5.28. The van der Waals surface area contributed by atoms with Crippen LogP contribution in [0.2, 0.25) is 10.0 Å². The standard InChI is InChI=1S/C20H22Cl2N2O/c1-14-3-4-15(2)18(11-14)20(25)24-9-7-23(8-10-24)13-16-5-6-17(21)12-19(16)22/h3-6,11-12H,7-10,13H2,1-2H3. The maximum atomic E-state index is 12.8. The predicted molar refractivity (Wildman–Crippen MR) is 104 cm³/mol. The van der Waals surface area contributed by atoms with Gasteiger partial charge < -0.3 is 4.90 Å². The highest BCUT2D eigenvalue weighted by Gasteiger charge is 2.23. The first kappa shape index (κ1) is 18.2. The van der Waals surface area contributed by atoms with Crippen molar-refractivity contribution in [3.05, 3.63) is 68.7 Å². The summed E-state index contributed by atoms with van der Waals surface area (Å²) in [5, 5.41) is 1.35. The minimum Gasteiger partial charge on any atom is -0.336 e. The van der Waals surface area contributed by atoms with Crippen molar-refractivity contribution >= 4 is 29.1 Å². The van der Waals surface area contributed by atoms with Crippen LogP contribution in [0.15, 0.2) is 36.4 Å². The Kier molecular flexibility index (Phi) is 5.67. The summed E-state index contributed by atoms with van der Waals surface area (Å²) in [5.74, 6) is 0.130. The number of aryl methyl sites for hydroxylation is 2. The van der Waals surface area contributed by atoms with Crippen molar-refractivity contribution in [1.29, 1.82) is 0 Å². The molecule has 1 aliphatic rings. The molecule has 3 nitrogen and oxygen atoms in total. The Hall–Kier alpha value is -1.55. The van der Waals surface area contributed by atoms with E-state index in [1.165, 1.54) is 0 Å². The summed E-state index contributed by atoms with van der Waals surface area (Å²) in [6.07, 6.45) is 0. The molecule has 132 valence electrons. The van der Waals surface area contributed by atoms with E-state index in [1.807, 2.05) is 49.1 Å². The zero-order valence-corrected chi connectivity index (χ0v) is 16.1. The van der Waals surface area contributed by atoms with E-state index in [2.05, 4.69) is 4.90 Å². The van der Waals surface area contributed by atoms with Crippen LogP contribution in [-0.4, -0.2) is 41.9 Å². The molecule has 0 atom stereocenters. The Morgan fingerprint density at radius 3 is 2.40 bits per heavy atom. The van der Waals surface area contributed by atoms with E-state index < -0.39 is 0 Å². The highest BCUT2D eigenvalue weighted by molar-refractivity contribution is 6.35. The van der Waals surface area contributed by atoms with Crippen LogP contribution < -0.4 is 0 Å². The fourth-order valence-electron chi connectivity index (χ4n) is 3.14. The molecule has 5 heteroatoms. The van der Waals surface area contributed by atoms with Crippen LogP contribution in [-0.2, 0) is 6.54 Å². The van der Waals surface area contributed by atoms with Crippen LogP contribution >= 0.6 is 23.2 Å². The maximum Gasteiger partial charge on any atom is 0.254 e. The molecule has 0 bridgehead atoms. The van der Waals surface area contributed by atoms with Crippen molar-refractivity contribution in [2.45, 2.75) is 20.4 Å². The molecule has 1 heterocycles. The number of carbonyl (C=O) groups is 1. The van der Waals surface area contributed by atoms with Gasteiger partial charge in [0.05, 0.1) is 0 Å². The predicted octanol–water partition coefficient (Wildman–Crippen LogP) is 4.57. The van der Waals surface area contributed by atoms with Gasteiger partial charge in [-0.3, -0.25) is 9.69 Å². The van der Waals surface area contributed by atoms with Crippen molar-refractivity contribution in [2.75, 3.05) is 26.2 Å². The SMILES string of the molecule is Cc1ccc(C)c(C(=O)N2CCN(Cc3ccc(Cl)cc3Cl)CC2)c1. The monoisotopic (exact) mass is 376 g/mol. The summed E-state index contributed by atoms with van der Waals surface area (Å²) in [5.41, 5.74) is 4.03. The van der Waals surface area contributed by atoms with Gasteiger partial charge in [0, 0.05) is 48.3 Å². The lowest BCUT2D eigenvalue weighted by Crippen LogP contribution is -2.48. The molecule has 1 aliphatic heterocycles. The lowest BCUT2D eigenvalue weighted by atomic mass is 10.0. The third-order valence-electron chi connectivity index (χ3n) is 4.69. The number of hydrogen-bond acceptors (Lipinski definition) is 2. The molecule has 0 aliphatic carbocycles. The maximum absolute atomic E-state index is 12.8. The Labute approximate surface area is 159 Å². The lowest BCUT2D eigenvalue weighted by molar-refractivity contribution is 0.0627. The first-order chi connectivity index (χ1) is 11.9. The normalized spacial score (nSPS) is 15.4. The third kappa shape index (κ3) is 4.35. The molecule has 25 heavy (non-hydrogen) atoms. The molecule has 0 N–H and O–H groups in total. The highest BCUT2D eigenvalue weighted by Crippen LogP contribution is 2.23. The average Bonchev–Trinajstić information content (AvgIpc) is 2.59. The average molecular weight is 377 g/mol. The zero-order chi connectivity index (χ0) is 18.0. The first-order valence-electron chi connectivity index (χ1n) is 8.47. The second kappa shape index (κ2) is 7.77. The van der Waals surface area contributed by atoms with Crippen LogP contribution in [0.5, 0.6) is 0 Å². The van der Waals surface area contributed by atoms with Gasteiger partial charge in [-0.25, -0.2) is 0 Å². The highest BCUT2D eigenvalue weighted by atomic mass is 35.5. The van der Waals surface area contributed by atoms with Crippen LogP contribution in [0.3, 0.4) is 0 Å². The van der Waals surface area contributed by atoms with Crippen LogP contribution in [0.4, 0.5) is 0 Å². The van der Waals surface area contributed by atoms with Gasteiger partial charge in [-0.2, -0.15) is 0 Å². The summed E-state index contributed by atoms with van der Waals surface area (Å²) in [4.78, 5) is 17.1.